The first-order chi connectivity index (χ1) is 8.76. The second-order valence-corrected chi connectivity index (χ2v) is 7.20. The average molecular weight is 271 g/mol. The van der Waals surface area contributed by atoms with E-state index in [1.165, 1.54) is 43.6 Å². The second kappa shape index (κ2) is 5.70. The molecule has 3 rings (SSSR count). The minimum Gasteiger partial charge on any atom is -0.378 e. The van der Waals surface area contributed by atoms with E-state index >= 15 is 0 Å². The quantitative estimate of drug-likeness (QED) is 0.834. The van der Waals surface area contributed by atoms with E-state index in [-0.39, 0.29) is 5.60 Å². The van der Waals surface area contributed by atoms with Crippen LogP contribution < -0.4 is 5.32 Å². The van der Waals surface area contributed by atoms with Crippen LogP contribution in [0, 0.1) is 0 Å². The monoisotopic (exact) mass is 271 g/mol. The number of nitrogens with one attached hydrogen (secondary N) is 1. The van der Waals surface area contributed by atoms with Crippen molar-refractivity contribution in [3.63, 3.8) is 0 Å². The summed E-state index contributed by atoms with van der Waals surface area (Å²) >= 11 is 2.06. The molecule has 0 aromatic heterocycles. The fraction of sp³-hybridized carbons (Fsp3) is 1.00. The van der Waals surface area contributed by atoms with Crippen molar-refractivity contribution >= 4 is 11.8 Å². The summed E-state index contributed by atoms with van der Waals surface area (Å²) in [5, 5.41) is 3.87. The summed E-state index contributed by atoms with van der Waals surface area (Å²) in [6.07, 6.45) is 6.40. The lowest BCUT2D eigenvalue weighted by molar-refractivity contribution is -0.0742. The molecule has 4 unspecified atom stereocenters. The van der Waals surface area contributed by atoms with Crippen molar-refractivity contribution in [2.24, 2.45) is 0 Å². The minimum atomic E-state index is 0.206. The van der Waals surface area contributed by atoms with Crippen LogP contribution in [0.4, 0.5) is 0 Å². The molecule has 1 spiro atoms. The molecule has 104 valence electrons. The Hall–Kier alpha value is 0.230. The number of thioether (sulfide) groups is 1. The number of hydrogen-bond acceptors (Lipinski definition) is 4. The molecule has 0 aromatic rings. The van der Waals surface area contributed by atoms with Crippen molar-refractivity contribution in [1.29, 1.82) is 0 Å². The van der Waals surface area contributed by atoms with Crippen molar-refractivity contribution in [2.75, 3.05) is 24.7 Å². The van der Waals surface area contributed by atoms with Crippen molar-refractivity contribution in [1.82, 2.24) is 5.32 Å². The highest BCUT2D eigenvalue weighted by Crippen LogP contribution is 2.38. The Morgan fingerprint density at radius 1 is 1.22 bits per heavy atom. The van der Waals surface area contributed by atoms with Crippen molar-refractivity contribution in [2.45, 2.75) is 62.8 Å². The van der Waals surface area contributed by atoms with Crippen LogP contribution in [0.3, 0.4) is 0 Å². The van der Waals surface area contributed by atoms with E-state index < -0.39 is 0 Å². The zero-order chi connectivity index (χ0) is 12.4. The Labute approximate surface area is 114 Å². The van der Waals surface area contributed by atoms with Gasteiger partial charge in [-0.15, -0.1) is 0 Å². The van der Waals surface area contributed by atoms with Gasteiger partial charge in [0.05, 0.1) is 11.7 Å². The Morgan fingerprint density at radius 2 is 2.11 bits per heavy atom. The Balaban J connectivity index is 1.52. The fourth-order valence-electron chi connectivity index (χ4n) is 3.52. The maximum atomic E-state index is 6.08. The van der Waals surface area contributed by atoms with E-state index in [4.69, 9.17) is 9.47 Å². The molecule has 4 heteroatoms. The highest BCUT2D eigenvalue weighted by atomic mass is 32.2. The summed E-state index contributed by atoms with van der Waals surface area (Å²) in [6, 6.07) is 1.32. The lowest BCUT2D eigenvalue weighted by atomic mass is 9.89. The first-order valence-electron chi connectivity index (χ1n) is 7.35. The zero-order valence-electron chi connectivity index (χ0n) is 11.3. The van der Waals surface area contributed by atoms with Crippen LogP contribution in [-0.2, 0) is 9.47 Å². The number of hydrogen-bond donors (Lipinski definition) is 1. The van der Waals surface area contributed by atoms with Gasteiger partial charge in [-0.25, -0.2) is 0 Å². The molecule has 0 bridgehead atoms. The van der Waals surface area contributed by atoms with Gasteiger partial charge in [0.15, 0.2) is 0 Å². The topological polar surface area (TPSA) is 30.5 Å². The summed E-state index contributed by atoms with van der Waals surface area (Å²) < 4.78 is 11.7. The standard InChI is InChI=1S/C14H25NO2S/c1-11-8-12(2-5-16-11)15-13-3-6-17-14(9-13)4-7-18-10-14/h11-13,15H,2-10H2,1H3. The smallest absolute Gasteiger partial charge is 0.0795 e. The summed E-state index contributed by atoms with van der Waals surface area (Å²) in [6.45, 7) is 4.05. The summed E-state index contributed by atoms with van der Waals surface area (Å²) in [7, 11) is 0. The lowest BCUT2D eigenvalue weighted by Gasteiger charge is -2.40. The van der Waals surface area contributed by atoms with Gasteiger partial charge in [0.1, 0.15) is 0 Å². The highest BCUT2D eigenvalue weighted by molar-refractivity contribution is 7.99. The number of ether oxygens (including phenoxy) is 2. The second-order valence-electron chi connectivity index (χ2n) is 6.09. The van der Waals surface area contributed by atoms with Crippen LogP contribution in [0.15, 0.2) is 0 Å². The minimum absolute atomic E-state index is 0.206. The predicted molar refractivity (Wildman–Crippen MR) is 75.2 cm³/mol. The van der Waals surface area contributed by atoms with Crippen LogP contribution in [0.1, 0.15) is 39.0 Å². The molecule has 4 atom stereocenters. The van der Waals surface area contributed by atoms with E-state index in [0.717, 1.165) is 13.2 Å². The van der Waals surface area contributed by atoms with Gasteiger partial charge in [0, 0.05) is 31.1 Å². The van der Waals surface area contributed by atoms with E-state index in [1.807, 2.05) is 0 Å². The zero-order valence-corrected chi connectivity index (χ0v) is 12.1. The van der Waals surface area contributed by atoms with Crippen LogP contribution in [0.25, 0.3) is 0 Å². The van der Waals surface area contributed by atoms with Gasteiger partial charge in [-0.2, -0.15) is 11.8 Å². The molecule has 1 N–H and O–H groups in total. The van der Waals surface area contributed by atoms with Crippen molar-refractivity contribution in [3.8, 4) is 0 Å². The summed E-state index contributed by atoms with van der Waals surface area (Å²) in [5.41, 5.74) is 0.206. The van der Waals surface area contributed by atoms with Gasteiger partial charge in [-0.3, -0.25) is 0 Å². The molecule has 0 aromatic carbocycles. The first-order valence-corrected chi connectivity index (χ1v) is 8.51. The average Bonchev–Trinajstić information content (AvgIpc) is 2.77. The fourth-order valence-corrected chi connectivity index (χ4v) is 4.89. The third-order valence-electron chi connectivity index (χ3n) is 4.52. The van der Waals surface area contributed by atoms with Gasteiger partial charge in [-0.05, 0) is 44.8 Å². The van der Waals surface area contributed by atoms with Gasteiger partial charge in [0.25, 0.3) is 0 Å². The van der Waals surface area contributed by atoms with Gasteiger partial charge < -0.3 is 14.8 Å². The molecule has 3 fully saturated rings. The maximum absolute atomic E-state index is 6.08. The van der Waals surface area contributed by atoms with Gasteiger partial charge >= 0.3 is 0 Å². The summed E-state index contributed by atoms with van der Waals surface area (Å²) in [4.78, 5) is 0. The van der Waals surface area contributed by atoms with Crippen molar-refractivity contribution < 1.29 is 9.47 Å². The predicted octanol–water partition coefficient (Wildman–Crippen LogP) is 2.20. The molecule has 0 radical (unpaired) electrons. The molecule has 3 nitrogen and oxygen atoms in total. The Morgan fingerprint density at radius 3 is 2.89 bits per heavy atom. The molecule has 0 amide bonds. The molecule has 3 aliphatic heterocycles. The molecular weight excluding hydrogens is 246 g/mol. The number of rotatable bonds is 2. The van der Waals surface area contributed by atoms with Crippen LogP contribution >= 0.6 is 11.8 Å². The molecule has 18 heavy (non-hydrogen) atoms. The lowest BCUT2D eigenvalue weighted by Crippen LogP contribution is -2.51. The normalized spacial score (nSPS) is 45.5. The Kier molecular flexibility index (Phi) is 4.18. The SMILES string of the molecule is CC1CC(NC2CCOC3(CCSC3)C2)CCO1. The van der Waals surface area contributed by atoms with Gasteiger partial charge in [0.2, 0.25) is 0 Å². The first kappa shape index (κ1) is 13.2. The molecule has 0 aliphatic carbocycles. The third kappa shape index (κ3) is 3.03. The van der Waals surface area contributed by atoms with Crippen molar-refractivity contribution in [3.05, 3.63) is 0 Å². The van der Waals surface area contributed by atoms with E-state index in [0.29, 0.717) is 18.2 Å². The maximum Gasteiger partial charge on any atom is 0.0795 e. The van der Waals surface area contributed by atoms with Crippen LogP contribution in [0.5, 0.6) is 0 Å². The molecule has 3 aliphatic rings. The largest absolute Gasteiger partial charge is 0.378 e. The molecule has 3 heterocycles. The Bertz CT molecular complexity index is 281. The molecular formula is C14H25NO2S. The van der Waals surface area contributed by atoms with Crippen LogP contribution in [0.2, 0.25) is 0 Å². The highest BCUT2D eigenvalue weighted by Gasteiger charge is 2.40. The van der Waals surface area contributed by atoms with Gasteiger partial charge in [-0.1, -0.05) is 0 Å². The molecule has 0 saturated carbocycles. The van der Waals surface area contributed by atoms with Crippen LogP contribution in [-0.4, -0.2) is 48.5 Å². The third-order valence-corrected chi connectivity index (χ3v) is 5.74. The van der Waals surface area contributed by atoms with E-state index in [9.17, 15) is 0 Å². The summed E-state index contributed by atoms with van der Waals surface area (Å²) in [5.74, 6) is 2.48. The van der Waals surface area contributed by atoms with E-state index in [2.05, 4.69) is 24.0 Å². The molecule has 3 saturated heterocycles. The van der Waals surface area contributed by atoms with E-state index in [1.54, 1.807) is 0 Å².